The van der Waals surface area contributed by atoms with Crippen LogP contribution in [0.2, 0.25) is 0 Å². The lowest BCUT2D eigenvalue weighted by Gasteiger charge is -2.40. The Bertz CT molecular complexity index is 1290. The number of carbonyl (C=O) groups excluding carboxylic acids is 5. The van der Waals surface area contributed by atoms with Crippen molar-refractivity contribution in [3.8, 4) is 0 Å². The summed E-state index contributed by atoms with van der Waals surface area (Å²) in [5.41, 5.74) is 7.35. The molecule has 0 aromatic heterocycles. The third-order valence-electron chi connectivity index (χ3n) is 6.93. The van der Waals surface area contributed by atoms with E-state index in [4.69, 9.17) is 11.5 Å². The van der Waals surface area contributed by atoms with E-state index in [9.17, 15) is 47.0 Å². The van der Waals surface area contributed by atoms with Gasteiger partial charge in [0.25, 0.3) is 5.91 Å². The summed E-state index contributed by atoms with van der Waals surface area (Å²) >= 11 is 0. The third-order valence-corrected chi connectivity index (χ3v) is 6.93. The number of hydrogen-bond donors (Lipinski definition) is 8. The van der Waals surface area contributed by atoms with Crippen LogP contribution in [0.15, 0.2) is 35.3 Å². The van der Waals surface area contributed by atoms with Crippen LogP contribution in [0.1, 0.15) is 38.7 Å². The van der Waals surface area contributed by atoms with Crippen LogP contribution in [0.3, 0.4) is 0 Å². The maximum atomic E-state index is 14.9. The average Bonchev–Trinajstić information content (AvgIpc) is 2.94. The molecule has 1 heterocycles. The number of hydrogen-bond acceptors (Lipinski definition) is 7. The second-order valence-electron chi connectivity index (χ2n) is 10.6. The molecule has 1 aromatic carbocycles. The van der Waals surface area contributed by atoms with Gasteiger partial charge < -0.3 is 43.2 Å². The molecular weight excluding hydrogens is 605 g/mol. The van der Waals surface area contributed by atoms with Crippen molar-refractivity contribution in [2.75, 3.05) is 13.1 Å². The van der Waals surface area contributed by atoms with Crippen LogP contribution >= 0.6 is 0 Å². The minimum absolute atomic E-state index is 0.00771. The number of halogens is 3. The van der Waals surface area contributed by atoms with Crippen LogP contribution in [0.25, 0.3) is 0 Å². The topological polar surface area (TPSA) is 247 Å². The Morgan fingerprint density at radius 3 is 2.18 bits per heavy atom. The lowest BCUT2D eigenvalue weighted by Crippen LogP contribution is -2.73. The summed E-state index contributed by atoms with van der Waals surface area (Å²) in [4.78, 5) is 81.1. The van der Waals surface area contributed by atoms with E-state index in [1.165, 1.54) is 12.1 Å². The fourth-order valence-electron chi connectivity index (χ4n) is 4.57. The van der Waals surface area contributed by atoms with Crippen molar-refractivity contribution in [1.82, 2.24) is 26.6 Å². The molecule has 0 radical (unpaired) electrons. The zero-order valence-corrected chi connectivity index (χ0v) is 24.6. The van der Waals surface area contributed by atoms with Crippen molar-refractivity contribution >= 4 is 41.5 Å². The Morgan fingerprint density at radius 2 is 1.62 bits per heavy atom. The predicted octanol–water partition coefficient (Wildman–Crippen LogP) is -1.59. The molecule has 45 heavy (non-hydrogen) atoms. The summed E-state index contributed by atoms with van der Waals surface area (Å²) < 4.78 is 44.7. The average molecular weight is 643 g/mol. The van der Waals surface area contributed by atoms with E-state index in [0.29, 0.717) is 5.56 Å². The van der Waals surface area contributed by atoms with Gasteiger partial charge in [-0.05, 0) is 24.3 Å². The number of alkyl halides is 3. The highest BCUT2D eigenvalue weighted by atomic mass is 19.4. The lowest BCUT2D eigenvalue weighted by molar-refractivity contribution is -0.212. The number of nitrogens with one attached hydrogen (secondary N) is 5. The highest BCUT2D eigenvalue weighted by Gasteiger charge is 2.64. The van der Waals surface area contributed by atoms with E-state index in [2.05, 4.69) is 26.3 Å². The summed E-state index contributed by atoms with van der Waals surface area (Å²) in [6, 6.07) is 2.65. The maximum absolute atomic E-state index is 14.9. The Morgan fingerprint density at radius 1 is 0.978 bits per heavy atom. The highest BCUT2D eigenvalue weighted by Crippen LogP contribution is 2.37. The lowest BCUT2D eigenvalue weighted by atomic mass is 9.83. The van der Waals surface area contributed by atoms with Crippen molar-refractivity contribution < 1.29 is 47.0 Å². The predicted molar refractivity (Wildman–Crippen MR) is 153 cm³/mol. The first kappa shape index (κ1) is 36.3. The van der Waals surface area contributed by atoms with Gasteiger partial charge in [-0.25, -0.2) is 0 Å². The van der Waals surface area contributed by atoms with E-state index < -0.39 is 84.2 Å². The van der Waals surface area contributed by atoms with Crippen molar-refractivity contribution in [2.24, 2.45) is 22.4 Å². The molecule has 15 nitrogen and oxygen atoms in total. The molecule has 1 aliphatic rings. The molecule has 0 saturated carbocycles. The van der Waals surface area contributed by atoms with E-state index in [1.807, 2.05) is 0 Å². The standard InChI is InChI=1S/C27H37F3N8O7/c1-14(2)26(27(28,29)30)24(45)37-16(9-6-10-33-25(31)32)21(42)34-13-19(39)35-18(12-20(40)41)22(43)36-17(23(44)38-26)11-15-7-4-3-5-8-15/h3-5,7-8,14,16-18H,6,9-13H2,1-2H3,(H,34,42)(H,35,39)(H,36,43)(H,37,45)(H,38,44)(H,40,41)(H4,31,32,33)/t16-,17+,18-,26+/m0/s1. The fraction of sp³-hybridized carbons (Fsp3) is 0.519. The van der Waals surface area contributed by atoms with Crippen molar-refractivity contribution in [1.29, 1.82) is 0 Å². The number of nitrogens with two attached hydrogens (primary N) is 2. The minimum atomic E-state index is -5.42. The van der Waals surface area contributed by atoms with Crippen LogP contribution in [0.5, 0.6) is 0 Å². The molecule has 1 aliphatic heterocycles. The van der Waals surface area contributed by atoms with Crippen LogP contribution in [0.4, 0.5) is 13.2 Å². The molecule has 0 unspecified atom stereocenters. The Labute approximate surface area is 256 Å². The highest BCUT2D eigenvalue weighted by molar-refractivity contribution is 6.00. The number of aliphatic imine (C=N–C) groups is 1. The largest absolute Gasteiger partial charge is 0.481 e. The maximum Gasteiger partial charge on any atom is 0.420 e. The number of amides is 5. The third kappa shape index (κ3) is 10.1. The van der Waals surface area contributed by atoms with Gasteiger partial charge in [-0.1, -0.05) is 44.2 Å². The van der Waals surface area contributed by atoms with E-state index >= 15 is 0 Å². The van der Waals surface area contributed by atoms with Gasteiger partial charge in [-0.3, -0.25) is 33.8 Å². The first-order valence-corrected chi connectivity index (χ1v) is 13.9. The summed E-state index contributed by atoms with van der Waals surface area (Å²) in [6.07, 6.45) is -7.02. The molecule has 248 valence electrons. The molecule has 5 amide bonds. The van der Waals surface area contributed by atoms with Gasteiger partial charge in [0, 0.05) is 13.0 Å². The fourth-order valence-corrected chi connectivity index (χ4v) is 4.57. The van der Waals surface area contributed by atoms with Gasteiger partial charge in [0.05, 0.1) is 13.0 Å². The summed E-state index contributed by atoms with van der Waals surface area (Å²) in [5, 5.41) is 19.7. The summed E-state index contributed by atoms with van der Waals surface area (Å²) in [6.45, 7) is 1.18. The molecule has 1 fully saturated rings. The van der Waals surface area contributed by atoms with Gasteiger partial charge in [0.2, 0.25) is 29.2 Å². The second kappa shape index (κ2) is 15.7. The molecule has 1 saturated heterocycles. The number of carbonyl (C=O) groups is 6. The second-order valence-corrected chi connectivity index (χ2v) is 10.6. The number of benzene rings is 1. The number of carboxylic acids is 1. The molecular formula is C27H37F3N8O7. The van der Waals surface area contributed by atoms with Gasteiger partial charge in [0.15, 0.2) is 5.96 Å². The van der Waals surface area contributed by atoms with Crippen molar-refractivity contribution in [2.45, 2.75) is 69.4 Å². The van der Waals surface area contributed by atoms with Crippen molar-refractivity contribution in [3.63, 3.8) is 0 Å². The van der Waals surface area contributed by atoms with Gasteiger partial charge in [-0.2, -0.15) is 13.2 Å². The zero-order valence-electron chi connectivity index (χ0n) is 24.6. The first-order chi connectivity index (χ1) is 21.0. The SMILES string of the molecule is CC(C)[C@@]1(C(F)(F)F)NC(=O)[C@@H](Cc2ccccc2)NC(=O)[C@H](CC(=O)O)NC(=O)CNC(=O)[C@H](CCCN=C(N)N)NC1=O. The smallest absolute Gasteiger partial charge is 0.420 e. The molecule has 2 rings (SSSR count). The molecule has 0 spiro atoms. The van der Waals surface area contributed by atoms with E-state index in [0.717, 1.165) is 13.8 Å². The monoisotopic (exact) mass is 642 g/mol. The Balaban J connectivity index is 2.66. The van der Waals surface area contributed by atoms with Crippen molar-refractivity contribution in [3.05, 3.63) is 35.9 Å². The van der Waals surface area contributed by atoms with Gasteiger partial charge in [0.1, 0.15) is 18.1 Å². The minimum Gasteiger partial charge on any atom is -0.481 e. The molecule has 0 aliphatic carbocycles. The zero-order chi connectivity index (χ0) is 33.9. The number of carboxylic acid groups (broad SMARTS) is 1. The normalized spacial score (nSPS) is 23.8. The number of rotatable bonds is 9. The molecule has 1 aromatic rings. The number of nitrogens with zero attached hydrogens (tertiary/aromatic N) is 1. The van der Waals surface area contributed by atoms with E-state index in [1.54, 1.807) is 23.5 Å². The van der Waals surface area contributed by atoms with Gasteiger partial charge >= 0.3 is 12.1 Å². The van der Waals surface area contributed by atoms with Crippen LogP contribution < -0.4 is 38.1 Å². The van der Waals surface area contributed by atoms with Crippen LogP contribution in [-0.4, -0.2) is 89.5 Å². The number of aliphatic carboxylic acids is 1. The summed E-state index contributed by atoms with van der Waals surface area (Å²) in [5.74, 6) is -9.96. The molecule has 10 N–H and O–H groups in total. The molecule has 4 atom stereocenters. The van der Waals surface area contributed by atoms with Crippen LogP contribution in [-0.2, 0) is 35.2 Å². The molecule has 0 bridgehead atoms. The molecule has 18 heteroatoms. The Kier molecular flexibility index (Phi) is 12.7. The van der Waals surface area contributed by atoms with Crippen LogP contribution in [0, 0.1) is 5.92 Å². The Hall–Kier alpha value is -4.90. The van der Waals surface area contributed by atoms with Gasteiger partial charge in [-0.15, -0.1) is 0 Å². The quantitative estimate of drug-likeness (QED) is 0.0878. The number of guanidine groups is 1. The van der Waals surface area contributed by atoms with E-state index in [-0.39, 0.29) is 31.8 Å². The first-order valence-electron chi connectivity index (χ1n) is 13.9. The summed E-state index contributed by atoms with van der Waals surface area (Å²) in [7, 11) is 0.